The Labute approximate surface area is 255 Å². The summed E-state index contributed by atoms with van der Waals surface area (Å²) in [4.78, 5) is 26.4. The minimum absolute atomic E-state index is 0.0390. The van der Waals surface area contributed by atoms with E-state index in [4.69, 9.17) is 5.73 Å². The van der Waals surface area contributed by atoms with E-state index in [0.29, 0.717) is 23.3 Å². The van der Waals surface area contributed by atoms with Crippen LogP contribution in [-0.4, -0.2) is 53.9 Å². The third-order valence-corrected chi connectivity index (χ3v) is 7.56. The number of aromatic amines is 2. The van der Waals surface area contributed by atoms with Crippen LogP contribution in [0.4, 0.5) is 19.0 Å². The number of fused-ring (bicyclic) bond motifs is 2. The van der Waals surface area contributed by atoms with Crippen LogP contribution in [0.2, 0.25) is 0 Å². The number of nitrogens with two attached hydrogens (primary N) is 1. The first-order valence-electron chi connectivity index (χ1n) is 14.4. The zero-order chi connectivity index (χ0) is 31.4. The third-order valence-electron chi connectivity index (χ3n) is 7.56. The number of H-pyrrole nitrogens is 2. The highest BCUT2D eigenvalue weighted by Crippen LogP contribution is 2.31. The van der Waals surface area contributed by atoms with E-state index in [0.717, 1.165) is 64.5 Å². The van der Waals surface area contributed by atoms with Crippen molar-refractivity contribution >= 4 is 33.7 Å². The zero-order valence-electron chi connectivity index (χ0n) is 24.2. The first-order chi connectivity index (χ1) is 21.8. The van der Waals surface area contributed by atoms with E-state index in [-0.39, 0.29) is 13.1 Å². The molecule has 0 radical (unpaired) electrons. The molecule has 1 aromatic carbocycles. The largest absolute Gasteiger partial charge is 0.435 e. The van der Waals surface area contributed by atoms with Crippen molar-refractivity contribution in [3.63, 3.8) is 0 Å². The Balaban J connectivity index is 0.000000272. The van der Waals surface area contributed by atoms with Crippen molar-refractivity contribution in [2.75, 3.05) is 18.0 Å². The molecule has 0 saturated carbocycles. The average Bonchev–Trinajstić information content (AvgIpc) is 3.86. The molecule has 1 amide bonds. The molecule has 5 aromatic heterocycles. The molecule has 14 heteroatoms. The van der Waals surface area contributed by atoms with Gasteiger partial charge >= 0.3 is 6.18 Å². The number of hydrogen-bond acceptors (Lipinski definition) is 7. The van der Waals surface area contributed by atoms with E-state index in [1.54, 1.807) is 24.8 Å². The van der Waals surface area contributed by atoms with Gasteiger partial charge in [-0.1, -0.05) is 18.2 Å². The molecule has 1 aliphatic heterocycles. The number of alkyl halides is 3. The van der Waals surface area contributed by atoms with Gasteiger partial charge in [-0.3, -0.25) is 14.6 Å². The lowest BCUT2D eigenvalue weighted by Gasteiger charge is -2.16. The summed E-state index contributed by atoms with van der Waals surface area (Å²) < 4.78 is 41.9. The Hall–Kier alpha value is -5.24. The molecule has 6 heterocycles. The molecule has 45 heavy (non-hydrogen) atoms. The molecular formula is C31H31F3N10O. The first-order valence-corrected chi connectivity index (χ1v) is 14.4. The number of carbonyl (C=O) groups is 1. The number of rotatable bonds is 7. The summed E-state index contributed by atoms with van der Waals surface area (Å²) in [6, 6.07) is 13.3. The van der Waals surface area contributed by atoms with Crippen LogP contribution in [0.3, 0.4) is 0 Å². The van der Waals surface area contributed by atoms with Gasteiger partial charge in [-0.05, 0) is 53.8 Å². The number of halogens is 3. The van der Waals surface area contributed by atoms with Crippen LogP contribution < -0.4 is 16.0 Å². The van der Waals surface area contributed by atoms with Gasteiger partial charge in [-0.25, -0.2) is 9.97 Å². The Morgan fingerprint density at radius 3 is 2.60 bits per heavy atom. The number of carbonyl (C=O) groups excluding carboxylic acids is 1. The number of benzene rings is 1. The Morgan fingerprint density at radius 2 is 1.84 bits per heavy atom. The molecule has 0 aliphatic carbocycles. The Morgan fingerprint density at radius 1 is 1.02 bits per heavy atom. The third kappa shape index (κ3) is 6.80. The van der Waals surface area contributed by atoms with E-state index in [1.165, 1.54) is 0 Å². The number of amides is 1. The molecule has 5 N–H and O–H groups in total. The van der Waals surface area contributed by atoms with Crippen molar-refractivity contribution in [3.8, 4) is 0 Å². The van der Waals surface area contributed by atoms with Crippen LogP contribution in [-0.2, 0) is 25.8 Å². The predicted molar refractivity (Wildman–Crippen MR) is 163 cm³/mol. The van der Waals surface area contributed by atoms with E-state index < -0.39 is 23.3 Å². The minimum Gasteiger partial charge on any atom is -0.357 e. The fourth-order valence-electron chi connectivity index (χ4n) is 5.28. The number of anilines is 1. The molecule has 6 aromatic rings. The smallest absolute Gasteiger partial charge is 0.357 e. The molecule has 11 nitrogen and oxygen atoms in total. The highest BCUT2D eigenvalue weighted by atomic mass is 19.4. The van der Waals surface area contributed by atoms with Gasteiger partial charge in [-0.2, -0.15) is 23.4 Å². The first kappa shape index (κ1) is 29.8. The van der Waals surface area contributed by atoms with Gasteiger partial charge in [0.05, 0.1) is 23.8 Å². The molecule has 1 saturated heterocycles. The van der Waals surface area contributed by atoms with Gasteiger partial charge in [0.15, 0.2) is 5.69 Å². The minimum atomic E-state index is -4.76. The zero-order valence-corrected chi connectivity index (χ0v) is 24.2. The summed E-state index contributed by atoms with van der Waals surface area (Å²) in [5, 5.41) is 15.0. The number of pyridine rings is 2. The lowest BCUT2D eigenvalue weighted by atomic mass is 10.1. The average molecular weight is 617 g/mol. The van der Waals surface area contributed by atoms with Crippen molar-refractivity contribution < 1.29 is 18.0 Å². The second-order valence-corrected chi connectivity index (χ2v) is 10.7. The van der Waals surface area contributed by atoms with Gasteiger partial charge in [0.25, 0.3) is 5.91 Å². The van der Waals surface area contributed by atoms with Crippen molar-refractivity contribution in [2.45, 2.75) is 38.7 Å². The molecule has 0 atom stereocenters. The molecule has 1 fully saturated rings. The van der Waals surface area contributed by atoms with E-state index in [1.807, 2.05) is 42.5 Å². The summed E-state index contributed by atoms with van der Waals surface area (Å²) >= 11 is 0. The summed E-state index contributed by atoms with van der Waals surface area (Å²) in [7, 11) is 0. The molecule has 0 spiro atoms. The van der Waals surface area contributed by atoms with E-state index >= 15 is 0 Å². The van der Waals surface area contributed by atoms with Gasteiger partial charge in [0.1, 0.15) is 11.5 Å². The maximum atomic E-state index is 13.6. The highest BCUT2D eigenvalue weighted by Gasteiger charge is 2.39. The van der Waals surface area contributed by atoms with E-state index in [9.17, 15) is 18.0 Å². The summed E-state index contributed by atoms with van der Waals surface area (Å²) in [5.74, 6) is 0.000302. The fourth-order valence-corrected chi connectivity index (χ4v) is 5.28. The quantitative estimate of drug-likeness (QED) is 0.202. The second-order valence-electron chi connectivity index (χ2n) is 10.7. The van der Waals surface area contributed by atoms with Gasteiger partial charge in [0.2, 0.25) is 0 Å². The Kier molecular flexibility index (Phi) is 8.47. The summed E-state index contributed by atoms with van der Waals surface area (Å²) in [5.41, 5.74) is 8.03. The molecule has 1 aliphatic rings. The molecule has 232 valence electrons. The maximum absolute atomic E-state index is 13.6. The lowest BCUT2D eigenvalue weighted by molar-refractivity contribution is -0.141. The summed E-state index contributed by atoms with van der Waals surface area (Å²) in [6.45, 7) is 2.58. The van der Waals surface area contributed by atoms with Crippen molar-refractivity contribution in [1.29, 1.82) is 0 Å². The van der Waals surface area contributed by atoms with Gasteiger partial charge < -0.3 is 20.9 Å². The lowest BCUT2D eigenvalue weighted by Crippen LogP contribution is -2.25. The molecule has 0 unspecified atom stereocenters. The number of nitrogens with one attached hydrogen (secondary N) is 3. The SMILES string of the molecule is NCc1cccc2[nH]ncc12.O=C(NCc1cnc2[nH]ccc2c1)c1cn(Cc2ccc(N3CCCC3)nc2)nc1C(F)(F)F. The predicted octanol–water partition coefficient (Wildman–Crippen LogP) is 4.77. The van der Waals surface area contributed by atoms with Crippen LogP contribution in [0.15, 0.2) is 73.4 Å². The summed E-state index contributed by atoms with van der Waals surface area (Å²) in [6.07, 6.45) is 5.34. The second kappa shape index (κ2) is 12.8. The molecule has 7 rings (SSSR count). The molecular weight excluding hydrogens is 585 g/mol. The Bertz CT molecular complexity index is 1900. The normalized spacial score (nSPS) is 13.3. The number of hydrogen-bond donors (Lipinski definition) is 4. The van der Waals surface area contributed by atoms with Crippen molar-refractivity contribution in [1.82, 2.24) is 40.2 Å². The maximum Gasteiger partial charge on any atom is 0.435 e. The monoisotopic (exact) mass is 616 g/mol. The molecule has 0 bridgehead atoms. The van der Waals surface area contributed by atoms with Crippen molar-refractivity contribution in [3.05, 3.63) is 101 Å². The van der Waals surface area contributed by atoms with Crippen LogP contribution in [0.1, 0.15) is 45.6 Å². The fraction of sp³-hybridized carbons (Fsp3) is 0.258. The highest BCUT2D eigenvalue weighted by molar-refractivity contribution is 5.95. The van der Waals surface area contributed by atoms with Gasteiger partial charge in [0, 0.05) is 61.7 Å². The number of aromatic nitrogens is 7. The van der Waals surface area contributed by atoms with Gasteiger partial charge in [-0.15, -0.1) is 0 Å². The van der Waals surface area contributed by atoms with Crippen LogP contribution in [0.5, 0.6) is 0 Å². The topological polar surface area (TPSA) is 146 Å². The number of nitrogens with zero attached hydrogens (tertiary/aromatic N) is 6. The van der Waals surface area contributed by atoms with Crippen molar-refractivity contribution in [2.24, 2.45) is 5.73 Å². The van der Waals surface area contributed by atoms with Crippen LogP contribution in [0, 0.1) is 0 Å². The van der Waals surface area contributed by atoms with Crippen LogP contribution in [0.25, 0.3) is 21.9 Å². The van der Waals surface area contributed by atoms with E-state index in [2.05, 4.69) is 40.5 Å². The standard InChI is InChI=1S/C23H22F3N7O.C8H9N3/c24-23(25,26)20-18(22(34)30-12-16-9-17-5-6-27-21(17)29-11-16)14-33(31-20)13-15-3-4-19(28-10-15)32-7-1-2-8-32;9-4-6-2-1-3-8-7(6)5-10-11-8/h3-6,9-11,14H,1-2,7-8,12-13H2,(H,27,29)(H,30,34);1-3,5H,4,9H2,(H,10,11). The van der Waals surface area contributed by atoms with Crippen LogP contribution >= 0.6 is 0 Å².